The molecule has 3 rings (SSSR count). The van der Waals surface area contributed by atoms with Gasteiger partial charge in [-0.2, -0.15) is 0 Å². The molecule has 3 aliphatic rings. The number of Topliss-reactive ketones (excluding diaryl/α,β-unsaturated/α-hetero) is 1. The van der Waals surface area contributed by atoms with Gasteiger partial charge in [-0.1, -0.05) is 11.4 Å². The zero-order valence-corrected chi connectivity index (χ0v) is 12.8. The van der Waals surface area contributed by atoms with Gasteiger partial charge in [-0.15, -0.1) is 23.2 Å². The van der Waals surface area contributed by atoms with Gasteiger partial charge in [0.15, 0.2) is 6.73 Å². The molecule has 3 fully saturated rings. The monoisotopic (exact) mass is 327 g/mol. The highest BCUT2D eigenvalue weighted by Gasteiger charge is 2.70. The van der Waals surface area contributed by atoms with Crippen molar-refractivity contribution in [2.45, 2.75) is 31.0 Å². The first-order chi connectivity index (χ1) is 8.74. The lowest BCUT2D eigenvalue weighted by atomic mass is 9.70. The Morgan fingerprint density at radius 1 is 1.53 bits per heavy atom. The van der Waals surface area contributed by atoms with Crippen LogP contribution in [0.2, 0.25) is 0 Å². The minimum Gasteiger partial charge on any atom is -0.299 e. The molecule has 0 aromatic heterocycles. The van der Waals surface area contributed by atoms with Gasteiger partial charge in [0.2, 0.25) is 10.0 Å². The Labute approximate surface area is 122 Å². The molecule has 4 unspecified atom stereocenters. The lowest BCUT2D eigenvalue weighted by molar-refractivity contribution is -0.128. The first-order valence-corrected chi connectivity index (χ1v) is 8.67. The van der Waals surface area contributed by atoms with Crippen LogP contribution in [0.3, 0.4) is 0 Å². The van der Waals surface area contributed by atoms with Gasteiger partial charge in [0, 0.05) is 11.8 Å². The van der Waals surface area contributed by atoms with Crippen LogP contribution in [0.1, 0.15) is 26.2 Å². The number of carbonyl (C=O) groups excluding carboxylic acids is 1. The van der Waals surface area contributed by atoms with Gasteiger partial charge < -0.3 is 0 Å². The number of ketones is 1. The number of hydroxylamine groups is 1. The van der Waals surface area contributed by atoms with Crippen LogP contribution < -0.4 is 0 Å². The van der Waals surface area contributed by atoms with E-state index in [1.165, 1.54) is 0 Å². The van der Waals surface area contributed by atoms with Crippen LogP contribution >= 0.6 is 23.2 Å². The van der Waals surface area contributed by atoms with Crippen molar-refractivity contribution in [1.82, 2.24) is 4.47 Å². The molecule has 0 radical (unpaired) electrons. The Morgan fingerprint density at radius 3 is 2.63 bits per heavy atom. The second-order valence-corrected chi connectivity index (χ2v) is 8.80. The summed E-state index contributed by atoms with van der Waals surface area (Å²) >= 11 is 12.2. The van der Waals surface area contributed by atoms with E-state index >= 15 is 0 Å². The van der Waals surface area contributed by atoms with Crippen LogP contribution in [0.4, 0.5) is 0 Å². The van der Waals surface area contributed by atoms with E-state index in [1.807, 2.05) is 6.92 Å². The summed E-state index contributed by atoms with van der Waals surface area (Å²) in [4.78, 5) is 16.3. The number of carbonyl (C=O) groups is 1. The highest BCUT2D eigenvalue weighted by Crippen LogP contribution is 2.67. The van der Waals surface area contributed by atoms with Crippen molar-refractivity contribution in [2.75, 3.05) is 12.5 Å². The number of sulfonamides is 1. The number of halogens is 2. The molecule has 0 spiro atoms. The van der Waals surface area contributed by atoms with Crippen LogP contribution in [0.25, 0.3) is 0 Å². The molecule has 1 heterocycles. The predicted octanol–water partition coefficient (Wildman–Crippen LogP) is 1.70. The van der Waals surface area contributed by atoms with Crippen LogP contribution in [-0.2, 0) is 19.7 Å². The van der Waals surface area contributed by atoms with Gasteiger partial charge in [0.1, 0.15) is 10.6 Å². The molecule has 19 heavy (non-hydrogen) atoms. The fourth-order valence-electron chi connectivity index (χ4n) is 3.82. The maximum atomic E-state index is 12.4. The Kier molecular flexibility index (Phi) is 3.02. The summed E-state index contributed by atoms with van der Waals surface area (Å²) in [5.74, 6) is -0.199. The van der Waals surface area contributed by atoms with Gasteiger partial charge >= 0.3 is 0 Å². The third kappa shape index (κ3) is 1.73. The molecule has 2 saturated carbocycles. The van der Waals surface area contributed by atoms with Crippen molar-refractivity contribution in [3.63, 3.8) is 0 Å². The smallest absolute Gasteiger partial charge is 0.239 e. The summed E-state index contributed by atoms with van der Waals surface area (Å²) in [7, 11) is -3.58. The van der Waals surface area contributed by atoms with Crippen molar-refractivity contribution in [3.8, 4) is 0 Å². The van der Waals surface area contributed by atoms with Gasteiger partial charge in [-0.25, -0.2) is 8.42 Å². The molecule has 4 atom stereocenters. The van der Waals surface area contributed by atoms with Gasteiger partial charge in [0.05, 0.1) is 11.2 Å². The molecule has 0 N–H and O–H groups in total. The Hall–Kier alpha value is 0.120. The maximum absolute atomic E-state index is 12.4. The van der Waals surface area contributed by atoms with E-state index in [2.05, 4.69) is 0 Å². The number of rotatable bonds is 4. The summed E-state index contributed by atoms with van der Waals surface area (Å²) in [5, 5.41) is 0. The zero-order chi connectivity index (χ0) is 14.1. The van der Waals surface area contributed by atoms with Crippen LogP contribution in [0, 0.1) is 16.7 Å². The van der Waals surface area contributed by atoms with E-state index in [-0.39, 0.29) is 24.2 Å². The number of hydrogen-bond acceptors (Lipinski definition) is 4. The Balaban J connectivity index is 2.02. The third-order valence-electron chi connectivity index (χ3n) is 5.19. The highest BCUT2D eigenvalue weighted by molar-refractivity contribution is 7.89. The van der Waals surface area contributed by atoms with Crippen molar-refractivity contribution in [3.05, 3.63) is 0 Å². The van der Waals surface area contributed by atoms with Crippen LogP contribution in [-0.4, -0.2) is 36.0 Å². The van der Waals surface area contributed by atoms with E-state index in [4.69, 9.17) is 28.0 Å². The first-order valence-electron chi connectivity index (χ1n) is 6.19. The lowest BCUT2D eigenvalue weighted by Crippen LogP contribution is -2.47. The van der Waals surface area contributed by atoms with Crippen molar-refractivity contribution < 1.29 is 18.0 Å². The van der Waals surface area contributed by atoms with E-state index in [1.54, 1.807) is 0 Å². The Bertz CT molecular complexity index is 533. The summed E-state index contributed by atoms with van der Waals surface area (Å²) < 4.78 is 25.2. The van der Waals surface area contributed by atoms with E-state index in [0.717, 1.165) is 10.9 Å². The number of hydrogen-bond donors (Lipinski definition) is 0. The van der Waals surface area contributed by atoms with E-state index < -0.39 is 25.7 Å². The second kappa shape index (κ2) is 4.07. The van der Waals surface area contributed by atoms with Crippen molar-refractivity contribution in [2.24, 2.45) is 16.7 Å². The predicted molar refractivity (Wildman–Crippen MR) is 70.0 cm³/mol. The molecular formula is C11H15Cl2NO4S. The molecule has 2 aliphatic carbocycles. The number of alkyl halides is 2. The summed E-state index contributed by atoms with van der Waals surface area (Å²) in [6.45, 7) is 1.91. The highest BCUT2D eigenvalue weighted by atomic mass is 35.5. The summed E-state index contributed by atoms with van der Waals surface area (Å²) in [5.41, 5.74) is -1.63. The first kappa shape index (κ1) is 14.1. The molecule has 1 saturated heterocycles. The maximum Gasteiger partial charge on any atom is 0.239 e. The molecule has 0 aromatic carbocycles. The molecular weight excluding hydrogens is 313 g/mol. The third-order valence-corrected chi connectivity index (χ3v) is 7.79. The van der Waals surface area contributed by atoms with E-state index in [0.29, 0.717) is 12.8 Å². The van der Waals surface area contributed by atoms with Gasteiger partial charge in [-0.3, -0.25) is 9.63 Å². The largest absolute Gasteiger partial charge is 0.299 e. The molecule has 2 bridgehead atoms. The SMILES string of the molecule is CC1(C(Cl)Cl)C2CCC1(CS(=O)(=O)N1CO1)C(=O)C2. The van der Waals surface area contributed by atoms with E-state index in [9.17, 15) is 13.2 Å². The topological polar surface area (TPSA) is 66.8 Å². The second-order valence-electron chi connectivity index (χ2n) is 5.85. The normalized spacial score (nSPS) is 45.2. The molecule has 5 nitrogen and oxygen atoms in total. The molecule has 8 heteroatoms. The average Bonchev–Trinajstić information content (AvgIpc) is 3.09. The summed E-state index contributed by atoms with van der Waals surface area (Å²) in [6.07, 6.45) is 1.72. The molecule has 1 aliphatic heterocycles. The summed E-state index contributed by atoms with van der Waals surface area (Å²) in [6, 6.07) is 0. The molecule has 108 valence electrons. The molecule has 0 aromatic rings. The van der Waals surface area contributed by atoms with Crippen LogP contribution in [0.15, 0.2) is 0 Å². The fourth-order valence-corrected chi connectivity index (χ4v) is 6.34. The molecule has 0 amide bonds. The number of nitrogens with zero attached hydrogens (tertiary/aromatic N) is 1. The fraction of sp³-hybridized carbons (Fsp3) is 0.909. The van der Waals surface area contributed by atoms with Crippen LogP contribution in [0.5, 0.6) is 0 Å². The Morgan fingerprint density at radius 2 is 2.16 bits per heavy atom. The quantitative estimate of drug-likeness (QED) is 0.582. The zero-order valence-electron chi connectivity index (χ0n) is 10.4. The minimum absolute atomic E-state index is 0.0250. The standard InChI is InChI=1S/C11H15Cl2NO4S/c1-10(9(12)13)7-2-3-11(10,8(15)4-7)5-19(16,17)14-6-18-14/h7,9H,2-6H2,1H3. The van der Waals surface area contributed by atoms with Gasteiger partial charge in [-0.05, 0) is 18.8 Å². The van der Waals surface area contributed by atoms with Crippen molar-refractivity contribution in [1.29, 1.82) is 0 Å². The number of fused-ring (bicyclic) bond motifs is 2. The average molecular weight is 328 g/mol. The lowest BCUT2D eigenvalue weighted by Gasteiger charge is -2.40. The van der Waals surface area contributed by atoms with Crippen molar-refractivity contribution >= 4 is 39.0 Å². The minimum atomic E-state index is -3.58. The van der Waals surface area contributed by atoms with Gasteiger partial charge in [0.25, 0.3) is 0 Å².